The number of rotatable bonds is 3. The smallest absolute Gasteiger partial charge is 0.263 e. The number of halogens is 4. The van der Waals surface area contributed by atoms with Gasteiger partial charge in [-0.1, -0.05) is 46.4 Å². The highest BCUT2D eigenvalue weighted by molar-refractivity contribution is 6.55. The van der Waals surface area contributed by atoms with E-state index in [1.54, 1.807) is 13.8 Å². The highest BCUT2D eigenvalue weighted by Gasteiger charge is 2.45. The molecule has 3 amide bonds. The van der Waals surface area contributed by atoms with Gasteiger partial charge in [-0.05, 0) is 20.8 Å². The van der Waals surface area contributed by atoms with Crippen molar-refractivity contribution in [3.63, 3.8) is 0 Å². The van der Waals surface area contributed by atoms with Gasteiger partial charge in [0.15, 0.2) is 0 Å². The van der Waals surface area contributed by atoms with E-state index in [0.717, 1.165) is 0 Å². The van der Waals surface area contributed by atoms with Crippen LogP contribution in [0.5, 0.6) is 0 Å². The van der Waals surface area contributed by atoms with Gasteiger partial charge in [0.05, 0.1) is 31.2 Å². The summed E-state index contributed by atoms with van der Waals surface area (Å²) in [6, 6.07) is 0.664. The Hall–Kier alpha value is -2.24. The van der Waals surface area contributed by atoms with Gasteiger partial charge >= 0.3 is 0 Å². The highest BCUT2D eigenvalue weighted by atomic mass is 35.5. The minimum atomic E-state index is -1.27. The molecule has 0 aliphatic carbocycles. The van der Waals surface area contributed by atoms with Crippen LogP contribution in [-0.4, -0.2) is 28.7 Å². The molecule has 150 valence electrons. The Bertz CT molecular complexity index is 1100. The second-order valence-electron chi connectivity index (χ2n) is 6.25. The second kappa shape index (κ2) is 7.54. The number of carbonyl (C=O) groups excluding carboxylic acids is 3. The molecule has 0 radical (unpaired) electrons. The molecule has 1 aromatic heterocycles. The Labute approximate surface area is 185 Å². The summed E-state index contributed by atoms with van der Waals surface area (Å²) in [6.07, 6.45) is 0. The third-order valence-corrected chi connectivity index (χ3v) is 6.44. The number of nitrogens with one attached hydrogen (secondary N) is 1. The van der Waals surface area contributed by atoms with Gasteiger partial charge in [0.2, 0.25) is 11.8 Å². The molecule has 1 unspecified atom stereocenters. The van der Waals surface area contributed by atoms with E-state index in [0.29, 0.717) is 16.2 Å². The van der Waals surface area contributed by atoms with E-state index < -0.39 is 23.8 Å². The molecule has 1 aliphatic heterocycles. The Kier molecular flexibility index (Phi) is 5.58. The van der Waals surface area contributed by atoms with Crippen molar-refractivity contribution >= 4 is 70.0 Å². The van der Waals surface area contributed by atoms with Gasteiger partial charge in [0.25, 0.3) is 11.8 Å². The molecule has 3 rings (SSSR count). The molecule has 11 heteroatoms. The van der Waals surface area contributed by atoms with Crippen LogP contribution >= 0.6 is 46.4 Å². The van der Waals surface area contributed by atoms with Crippen molar-refractivity contribution < 1.29 is 18.8 Å². The lowest BCUT2D eigenvalue weighted by molar-refractivity contribution is -0.119. The van der Waals surface area contributed by atoms with Crippen LogP contribution in [-0.2, 0) is 4.79 Å². The maximum Gasteiger partial charge on any atom is 0.263 e. The van der Waals surface area contributed by atoms with Crippen molar-refractivity contribution in [2.24, 2.45) is 0 Å². The van der Waals surface area contributed by atoms with E-state index in [4.69, 9.17) is 50.8 Å². The number of carbonyl (C=O) groups is 3. The lowest BCUT2D eigenvalue weighted by Crippen LogP contribution is -2.45. The van der Waals surface area contributed by atoms with E-state index in [-0.39, 0.29) is 42.7 Å². The van der Waals surface area contributed by atoms with E-state index in [2.05, 4.69) is 5.32 Å². The minimum Gasteiger partial charge on any atom is -0.444 e. The van der Waals surface area contributed by atoms with Crippen molar-refractivity contribution in [1.29, 1.82) is 5.26 Å². The summed E-state index contributed by atoms with van der Waals surface area (Å²) < 4.78 is 5.39. The fourth-order valence-electron chi connectivity index (χ4n) is 2.90. The van der Waals surface area contributed by atoms with Gasteiger partial charge in [-0.25, -0.2) is 0 Å². The Morgan fingerprint density at radius 3 is 1.97 bits per heavy atom. The van der Waals surface area contributed by atoms with Gasteiger partial charge < -0.3 is 4.42 Å². The van der Waals surface area contributed by atoms with Gasteiger partial charge in [0.1, 0.15) is 23.4 Å². The molecule has 0 fully saturated rings. The summed E-state index contributed by atoms with van der Waals surface area (Å²) in [5.41, 5.74) is 0.269. The zero-order valence-corrected chi connectivity index (χ0v) is 18.1. The minimum absolute atomic E-state index is 0.0712. The topological polar surface area (TPSA) is 103 Å². The standard InChI is InChI=1S/C18H11Cl4N3O4/c1-5-7(3)29-16(8(5)4-23)24-15(26)6(2)25-17(27)9-10(18(25)28)12(20)14(22)13(21)11(9)19/h6H,1-3H3,(H,24,26). The molecule has 1 aliphatic rings. The van der Waals surface area contributed by atoms with Crippen LogP contribution in [0.25, 0.3) is 0 Å². The van der Waals surface area contributed by atoms with E-state index in [9.17, 15) is 19.6 Å². The summed E-state index contributed by atoms with van der Waals surface area (Å²) in [6.45, 7) is 4.63. The predicted molar refractivity (Wildman–Crippen MR) is 108 cm³/mol. The number of nitrogens with zero attached hydrogens (tertiary/aromatic N) is 2. The fraction of sp³-hybridized carbons (Fsp3) is 0.222. The fourth-order valence-corrected chi connectivity index (χ4v) is 3.92. The maximum atomic E-state index is 12.8. The molecule has 2 aromatic rings. The van der Waals surface area contributed by atoms with Gasteiger partial charge in [-0.3, -0.25) is 24.6 Å². The summed E-state index contributed by atoms with van der Waals surface area (Å²) >= 11 is 24.1. The molecule has 0 saturated heterocycles. The number of aryl methyl sites for hydroxylation is 1. The lowest BCUT2D eigenvalue weighted by Gasteiger charge is -2.21. The van der Waals surface area contributed by atoms with E-state index in [1.807, 2.05) is 6.07 Å². The summed E-state index contributed by atoms with van der Waals surface area (Å²) in [4.78, 5) is 39.0. The average molecular weight is 475 g/mol. The number of anilines is 1. The number of amides is 3. The van der Waals surface area contributed by atoms with Gasteiger partial charge in [0, 0.05) is 5.56 Å². The maximum absolute atomic E-state index is 12.8. The molecule has 1 atom stereocenters. The van der Waals surface area contributed by atoms with Crippen molar-refractivity contribution in [2.45, 2.75) is 26.8 Å². The van der Waals surface area contributed by atoms with Crippen LogP contribution in [0.1, 0.15) is 44.5 Å². The first-order valence-electron chi connectivity index (χ1n) is 8.07. The first kappa shape index (κ1) is 21.5. The first-order chi connectivity index (χ1) is 13.5. The van der Waals surface area contributed by atoms with Crippen LogP contribution in [0, 0.1) is 25.2 Å². The van der Waals surface area contributed by atoms with Crippen LogP contribution in [0.3, 0.4) is 0 Å². The number of benzene rings is 1. The predicted octanol–water partition coefficient (Wildman–Crippen LogP) is 5.00. The largest absolute Gasteiger partial charge is 0.444 e. The Morgan fingerprint density at radius 2 is 1.52 bits per heavy atom. The van der Waals surface area contributed by atoms with E-state index >= 15 is 0 Å². The zero-order valence-electron chi connectivity index (χ0n) is 15.1. The van der Waals surface area contributed by atoms with Crippen molar-refractivity contribution in [2.75, 3.05) is 5.32 Å². The molecule has 0 saturated carbocycles. The molecule has 7 nitrogen and oxygen atoms in total. The third-order valence-electron chi connectivity index (χ3n) is 4.63. The summed E-state index contributed by atoms with van der Waals surface area (Å²) in [5, 5.41) is 10.9. The molecule has 1 aromatic carbocycles. The second-order valence-corrected chi connectivity index (χ2v) is 7.76. The van der Waals surface area contributed by atoms with Crippen molar-refractivity contribution in [3.05, 3.63) is 48.1 Å². The quantitative estimate of drug-likeness (QED) is 0.382. The summed E-state index contributed by atoms with van der Waals surface area (Å²) in [7, 11) is 0. The first-order valence-corrected chi connectivity index (χ1v) is 9.58. The SMILES string of the molecule is Cc1oc(NC(=O)C(C)N2C(=O)c3c(Cl)c(Cl)c(Cl)c(Cl)c3C2=O)c(C#N)c1C. The number of hydrogen-bond donors (Lipinski definition) is 1. The normalized spacial score (nSPS) is 14.1. The van der Waals surface area contributed by atoms with Crippen molar-refractivity contribution in [1.82, 2.24) is 4.90 Å². The molecule has 0 spiro atoms. The van der Waals surface area contributed by atoms with Crippen LogP contribution in [0.15, 0.2) is 4.42 Å². The number of hydrogen-bond acceptors (Lipinski definition) is 5. The third kappa shape index (κ3) is 3.17. The zero-order chi connectivity index (χ0) is 21.8. The molecule has 2 heterocycles. The molecule has 1 N–H and O–H groups in total. The lowest BCUT2D eigenvalue weighted by atomic mass is 10.1. The number of nitriles is 1. The number of fused-ring (bicyclic) bond motifs is 1. The van der Waals surface area contributed by atoms with E-state index in [1.165, 1.54) is 6.92 Å². The van der Waals surface area contributed by atoms with Crippen LogP contribution in [0.2, 0.25) is 20.1 Å². The van der Waals surface area contributed by atoms with Crippen LogP contribution < -0.4 is 5.32 Å². The Morgan fingerprint density at radius 1 is 1.03 bits per heavy atom. The highest BCUT2D eigenvalue weighted by Crippen LogP contribution is 2.45. The molecule has 29 heavy (non-hydrogen) atoms. The van der Waals surface area contributed by atoms with Gasteiger partial charge in [-0.2, -0.15) is 5.26 Å². The van der Waals surface area contributed by atoms with Crippen molar-refractivity contribution in [3.8, 4) is 6.07 Å². The number of imide groups is 1. The van der Waals surface area contributed by atoms with Gasteiger partial charge in [-0.15, -0.1) is 0 Å². The summed E-state index contributed by atoms with van der Waals surface area (Å²) in [5.74, 6) is -2.06. The number of furan rings is 1. The van der Waals surface area contributed by atoms with Crippen LogP contribution in [0.4, 0.5) is 5.88 Å². The Balaban J connectivity index is 1.97. The molecule has 0 bridgehead atoms. The molecular weight excluding hydrogens is 464 g/mol. The monoisotopic (exact) mass is 473 g/mol. The average Bonchev–Trinajstić information content (AvgIpc) is 3.09. The molecular formula is C18H11Cl4N3O4.